The highest BCUT2D eigenvalue weighted by Crippen LogP contribution is 2.25. The molecule has 0 saturated carbocycles. The Morgan fingerprint density at radius 2 is 1.58 bits per heavy atom. The first-order valence-corrected chi connectivity index (χ1v) is 6.27. The Bertz CT molecular complexity index is 671. The summed E-state index contributed by atoms with van der Waals surface area (Å²) in [6.45, 7) is 0.478. The molecule has 3 N–H and O–H groups in total. The average Bonchev–Trinajstić information content (AvgIpc) is 2.97. The van der Waals surface area contributed by atoms with Crippen LogP contribution in [-0.4, -0.2) is 10.2 Å². The quantitative estimate of drug-likeness (QED) is 0.749. The molecular formula is C16H15N3. The van der Waals surface area contributed by atoms with Gasteiger partial charge in [-0.25, -0.2) is 0 Å². The Morgan fingerprint density at radius 1 is 0.842 bits per heavy atom. The van der Waals surface area contributed by atoms with Crippen molar-refractivity contribution in [2.24, 2.45) is 5.73 Å². The molecule has 2 aromatic carbocycles. The largest absolute Gasteiger partial charge is 0.325 e. The fourth-order valence-electron chi connectivity index (χ4n) is 2.10. The lowest BCUT2D eigenvalue weighted by Gasteiger charge is -2.03. The number of benzene rings is 2. The molecule has 3 nitrogen and oxygen atoms in total. The summed E-state index contributed by atoms with van der Waals surface area (Å²) in [5.41, 5.74) is 11.0. The van der Waals surface area contributed by atoms with Crippen LogP contribution in [-0.2, 0) is 6.54 Å². The van der Waals surface area contributed by atoms with E-state index < -0.39 is 0 Å². The molecule has 0 spiro atoms. The van der Waals surface area contributed by atoms with Gasteiger partial charge >= 0.3 is 0 Å². The number of nitrogens with zero attached hydrogens (tertiary/aromatic N) is 1. The third kappa shape index (κ3) is 2.41. The number of H-pyrrole nitrogens is 1. The van der Waals surface area contributed by atoms with Gasteiger partial charge in [0.2, 0.25) is 0 Å². The van der Waals surface area contributed by atoms with E-state index in [0.717, 1.165) is 17.0 Å². The van der Waals surface area contributed by atoms with Crippen LogP contribution in [0.1, 0.15) is 5.69 Å². The Labute approximate surface area is 112 Å². The lowest BCUT2D eigenvalue weighted by atomic mass is 10.0. The van der Waals surface area contributed by atoms with Crippen LogP contribution in [0, 0.1) is 0 Å². The van der Waals surface area contributed by atoms with E-state index >= 15 is 0 Å². The summed E-state index contributed by atoms with van der Waals surface area (Å²) in [5, 5.41) is 7.23. The van der Waals surface area contributed by atoms with E-state index in [1.165, 1.54) is 11.1 Å². The van der Waals surface area contributed by atoms with Crippen molar-refractivity contribution in [3.63, 3.8) is 0 Å². The standard InChI is InChI=1S/C16H15N3/c17-11-15-10-16(19-18-15)14-8-4-7-13(9-14)12-5-2-1-3-6-12/h1-10H,11,17H2,(H,18,19). The Hall–Kier alpha value is -2.39. The first-order chi connectivity index (χ1) is 9.36. The minimum atomic E-state index is 0.478. The van der Waals surface area contributed by atoms with Gasteiger partial charge in [0.1, 0.15) is 0 Å². The fourth-order valence-corrected chi connectivity index (χ4v) is 2.10. The van der Waals surface area contributed by atoms with Crippen molar-refractivity contribution in [1.82, 2.24) is 10.2 Å². The molecule has 94 valence electrons. The van der Waals surface area contributed by atoms with Crippen LogP contribution < -0.4 is 5.73 Å². The SMILES string of the molecule is NCc1cc(-c2cccc(-c3ccccc3)c2)n[nH]1. The van der Waals surface area contributed by atoms with Gasteiger partial charge in [-0.05, 0) is 23.3 Å². The maximum atomic E-state index is 5.59. The molecule has 0 radical (unpaired) electrons. The number of hydrogen-bond donors (Lipinski definition) is 2. The maximum Gasteiger partial charge on any atom is 0.0924 e. The highest BCUT2D eigenvalue weighted by atomic mass is 15.1. The average molecular weight is 249 g/mol. The first kappa shape index (κ1) is 11.7. The van der Waals surface area contributed by atoms with E-state index in [1.807, 2.05) is 24.3 Å². The topological polar surface area (TPSA) is 54.7 Å². The highest BCUT2D eigenvalue weighted by molar-refractivity contribution is 5.71. The molecule has 1 heterocycles. The fraction of sp³-hybridized carbons (Fsp3) is 0.0625. The van der Waals surface area contributed by atoms with Crippen LogP contribution in [0.15, 0.2) is 60.7 Å². The number of hydrogen-bond acceptors (Lipinski definition) is 2. The minimum absolute atomic E-state index is 0.478. The van der Waals surface area contributed by atoms with Crippen molar-refractivity contribution in [2.45, 2.75) is 6.54 Å². The molecule has 3 heteroatoms. The normalized spacial score (nSPS) is 10.6. The van der Waals surface area contributed by atoms with Gasteiger partial charge in [0, 0.05) is 17.8 Å². The monoisotopic (exact) mass is 249 g/mol. The highest BCUT2D eigenvalue weighted by Gasteiger charge is 2.04. The lowest BCUT2D eigenvalue weighted by Crippen LogP contribution is -1.95. The Morgan fingerprint density at radius 3 is 2.32 bits per heavy atom. The Balaban J connectivity index is 2.00. The summed E-state index contributed by atoms with van der Waals surface area (Å²) in [4.78, 5) is 0. The molecule has 0 unspecified atom stereocenters. The zero-order valence-corrected chi connectivity index (χ0v) is 10.5. The molecule has 19 heavy (non-hydrogen) atoms. The summed E-state index contributed by atoms with van der Waals surface area (Å²) in [7, 11) is 0. The summed E-state index contributed by atoms with van der Waals surface area (Å²) >= 11 is 0. The summed E-state index contributed by atoms with van der Waals surface area (Å²) in [6, 6.07) is 20.7. The lowest BCUT2D eigenvalue weighted by molar-refractivity contribution is 0.948. The summed E-state index contributed by atoms with van der Waals surface area (Å²) < 4.78 is 0. The first-order valence-electron chi connectivity index (χ1n) is 6.27. The third-order valence-corrected chi connectivity index (χ3v) is 3.12. The van der Waals surface area contributed by atoms with Crippen molar-refractivity contribution in [2.75, 3.05) is 0 Å². The zero-order valence-electron chi connectivity index (χ0n) is 10.5. The molecule has 0 aliphatic heterocycles. The molecule has 0 bridgehead atoms. The molecule has 3 aromatic rings. The van der Waals surface area contributed by atoms with E-state index in [0.29, 0.717) is 6.54 Å². The van der Waals surface area contributed by atoms with Crippen molar-refractivity contribution in [3.05, 3.63) is 66.4 Å². The van der Waals surface area contributed by atoms with Gasteiger partial charge in [0.05, 0.1) is 5.69 Å². The van der Waals surface area contributed by atoms with Crippen LogP contribution >= 0.6 is 0 Å². The van der Waals surface area contributed by atoms with Crippen LogP contribution in [0.25, 0.3) is 22.4 Å². The second kappa shape index (κ2) is 5.08. The predicted octanol–water partition coefficient (Wildman–Crippen LogP) is 3.20. The van der Waals surface area contributed by atoms with Crippen molar-refractivity contribution in [1.29, 1.82) is 0 Å². The van der Waals surface area contributed by atoms with Crippen molar-refractivity contribution >= 4 is 0 Å². The zero-order chi connectivity index (χ0) is 13.1. The van der Waals surface area contributed by atoms with Crippen LogP contribution in [0.4, 0.5) is 0 Å². The van der Waals surface area contributed by atoms with Gasteiger partial charge in [-0.2, -0.15) is 5.10 Å². The van der Waals surface area contributed by atoms with Gasteiger partial charge in [0.25, 0.3) is 0 Å². The van der Waals surface area contributed by atoms with Crippen molar-refractivity contribution < 1.29 is 0 Å². The van der Waals surface area contributed by atoms with E-state index in [9.17, 15) is 0 Å². The van der Waals surface area contributed by atoms with Crippen LogP contribution in [0.5, 0.6) is 0 Å². The number of nitrogens with two attached hydrogens (primary N) is 1. The summed E-state index contributed by atoms with van der Waals surface area (Å²) in [6.07, 6.45) is 0. The van der Waals surface area contributed by atoms with Gasteiger partial charge in [-0.3, -0.25) is 5.10 Å². The third-order valence-electron chi connectivity index (χ3n) is 3.12. The second-order valence-corrected chi connectivity index (χ2v) is 4.43. The minimum Gasteiger partial charge on any atom is -0.325 e. The smallest absolute Gasteiger partial charge is 0.0924 e. The molecule has 0 aliphatic rings. The molecular weight excluding hydrogens is 234 g/mol. The number of aromatic amines is 1. The van der Waals surface area contributed by atoms with Crippen LogP contribution in [0.2, 0.25) is 0 Å². The van der Waals surface area contributed by atoms with E-state index in [-0.39, 0.29) is 0 Å². The van der Waals surface area contributed by atoms with E-state index in [2.05, 4.69) is 46.6 Å². The maximum absolute atomic E-state index is 5.59. The van der Waals surface area contributed by atoms with Gasteiger partial charge in [-0.1, -0.05) is 48.5 Å². The van der Waals surface area contributed by atoms with E-state index in [4.69, 9.17) is 5.73 Å². The second-order valence-electron chi connectivity index (χ2n) is 4.43. The molecule has 0 fully saturated rings. The van der Waals surface area contributed by atoms with E-state index in [1.54, 1.807) is 0 Å². The molecule has 0 saturated heterocycles. The molecule has 3 rings (SSSR count). The molecule has 0 aliphatic carbocycles. The van der Waals surface area contributed by atoms with Crippen molar-refractivity contribution in [3.8, 4) is 22.4 Å². The molecule has 0 atom stereocenters. The summed E-state index contributed by atoms with van der Waals surface area (Å²) in [5.74, 6) is 0. The van der Waals surface area contributed by atoms with Gasteiger partial charge < -0.3 is 5.73 Å². The van der Waals surface area contributed by atoms with Crippen LogP contribution in [0.3, 0.4) is 0 Å². The number of aromatic nitrogens is 2. The predicted molar refractivity (Wildman–Crippen MR) is 77.4 cm³/mol. The number of nitrogens with one attached hydrogen (secondary N) is 1. The molecule has 0 amide bonds. The Kier molecular flexibility index (Phi) is 3.12. The molecule has 1 aromatic heterocycles. The van der Waals surface area contributed by atoms with Gasteiger partial charge in [0.15, 0.2) is 0 Å². The number of rotatable bonds is 3. The van der Waals surface area contributed by atoms with Gasteiger partial charge in [-0.15, -0.1) is 0 Å².